The highest BCUT2D eigenvalue weighted by Gasteiger charge is 2.13. The summed E-state index contributed by atoms with van der Waals surface area (Å²) in [6.07, 6.45) is 0. The van der Waals surface area contributed by atoms with E-state index in [-0.39, 0.29) is 11.9 Å². The Hall–Kier alpha value is -2.12. The second-order valence-electron chi connectivity index (χ2n) is 5.55. The molecule has 5 nitrogen and oxygen atoms in total. The van der Waals surface area contributed by atoms with Crippen molar-refractivity contribution in [3.05, 3.63) is 48.0 Å². The molecule has 3 aromatic rings. The summed E-state index contributed by atoms with van der Waals surface area (Å²) in [5.41, 5.74) is 1.13. The van der Waals surface area contributed by atoms with Crippen LogP contribution in [0.3, 0.4) is 0 Å². The fraction of sp³-hybridized carbons (Fsp3) is 0.278. The van der Waals surface area contributed by atoms with Crippen molar-refractivity contribution < 1.29 is 4.79 Å². The number of carbonyl (C=O) groups excluding carboxylic acids is 1. The molecule has 0 saturated carbocycles. The normalized spacial score (nSPS) is 12.1. The van der Waals surface area contributed by atoms with Crippen LogP contribution in [-0.4, -0.2) is 28.4 Å². The topological polar surface area (TPSA) is 66.9 Å². The lowest BCUT2D eigenvalue weighted by molar-refractivity contribution is -0.119. The van der Waals surface area contributed by atoms with Crippen molar-refractivity contribution in [2.24, 2.45) is 0 Å². The minimum absolute atomic E-state index is 0.00867. The average molecular weight is 373 g/mol. The lowest BCUT2D eigenvalue weighted by Crippen LogP contribution is -2.28. The number of rotatable bonds is 7. The van der Waals surface area contributed by atoms with E-state index >= 15 is 0 Å². The third-order valence-corrected chi connectivity index (χ3v) is 5.74. The highest BCUT2D eigenvalue weighted by atomic mass is 32.2. The van der Waals surface area contributed by atoms with Crippen molar-refractivity contribution >= 4 is 44.9 Å². The molecule has 2 N–H and O–H groups in total. The van der Waals surface area contributed by atoms with Crippen LogP contribution in [0.1, 0.15) is 25.5 Å². The molecule has 0 aliphatic heterocycles. The zero-order valence-electron chi connectivity index (χ0n) is 14.2. The number of amides is 1. The van der Waals surface area contributed by atoms with Gasteiger partial charge < -0.3 is 10.6 Å². The van der Waals surface area contributed by atoms with Crippen molar-refractivity contribution in [3.63, 3.8) is 0 Å². The maximum Gasteiger partial charge on any atom is 0.230 e. The maximum absolute atomic E-state index is 12.3. The smallest absolute Gasteiger partial charge is 0.230 e. The Kier molecular flexibility index (Phi) is 5.88. The average Bonchev–Trinajstić information content (AvgIpc) is 3.07. The number of anilines is 1. The third kappa shape index (κ3) is 4.49. The molecule has 0 unspecified atom stereocenters. The summed E-state index contributed by atoms with van der Waals surface area (Å²) in [6.45, 7) is 4.83. The van der Waals surface area contributed by atoms with E-state index in [0.29, 0.717) is 5.75 Å². The van der Waals surface area contributed by atoms with Gasteiger partial charge in [-0.15, -0.1) is 10.2 Å². The predicted octanol–water partition coefficient (Wildman–Crippen LogP) is 4.09. The number of thioether (sulfide) groups is 1. The Morgan fingerprint density at radius 2 is 2.00 bits per heavy atom. The molecule has 1 aromatic heterocycles. The molecule has 2 aromatic carbocycles. The number of carbonyl (C=O) groups is 1. The lowest BCUT2D eigenvalue weighted by Gasteiger charge is -2.16. The summed E-state index contributed by atoms with van der Waals surface area (Å²) in [5, 5.41) is 17.4. The van der Waals surface area contributed by atoms with Crippen LogP contribution in [-0.2, 0) is 4.79 Å². The van der Waals surface area contributed by atoms with Gasteiger partial charge in [0.25, 0.3) is 0 Å². The molecule has 1 atom stereocenters. The first-order valence-electron chi connectivity index (χ1n) is 8.14. The summed E-state index contributed by atoms with van der Waals surface area (Å²) in [7, 11) is 0. The molecule has 0 radical (unpaired) electrons. The molecule has 0 aliphatic carbocycles. The van der Waals surface area contributed by atoms with Crippen LogP contribution in [0.25, 0.3) is 10.8 Å². The number of fused-ring (bicyclic) bond motifs is 1. The van der Waals surface area contributed by atoms with Gasteiger partial charge >= 0.3 is 0 Å². The second-order valence-corrected chi connectivity index (χ2v) is 7.75. The first-order valence-corrected chi connectivity index (χ1v) is 9.94. The Morgan fingerprint density at radius 1 is 1.20 bits per heavy atom. The monoisotopic (exact) mass is 372 g/mol. The molecular formula is C18H20N4OS2. The highest BCUT2D eigenvalue weighted by molar-refractivity contribution is 8.01. The van der Waals surface area contributed by atoms with Gasteiger partial charge in [0, 0.05) is 6.54 Å². The minimum atomic E-state index is -0.0501. The van der Waals surface area contributed by atoms with Crippen molar-refractivity contribution in [2.75, 3.05) is 17.6 Å². The molecule has 0 spiro atoms. The summed E-state index contributed by atoms with van der Waals surface area (Å²) in [6, 6.07) is 14.3. The van der Waals surface area contributed by atoms with E-state index in [0.717, 1.165) is 21.6 Å². The number of hydrogen-bond donors (Lipinski definition) is 2. The zero-order chi connectivity index (χ0) is 17.6. The van der Waals surface area contributed by atoms with E-state index in [2.05, 4.69) is 45.1 Å². The van der Waals surface area contributed by atoms with Gasteiger partial charge in [0.05, 0.1) is 11.8 Å². The summed E-state index contributed by atoms with van der Waals surface area (Å²) in [5.74, 6) is 0.321. The summed E-state index contributed by atoms with van der Waals surface area (Å²) < 4.78 is 0.795. The second kappa shape index (κ2) is 8.31. The fourth-order valence-corrected chi connectivity index (χ4v) is 4.24. The molecule has 130 valence electrons. The number of benzene rings is 2. The van der Waals surface area contributed by atoms with Crippen LogP contribution in [0.15, 0.2) is 46.8 Å². The van der Waals surface area contributed by atoms with Crippen molar-refractivity contribution in [1.29, 1.82) is 0 Å². The van der Waals surface area contributed by atoms with E-state index in [1.165, 1.54) is 33.9 Å². The molecule has 3 rings (SSSR count). The van der Waals surface area contributed by atoms with Crippen LogP contribution in [0.4, 0.5) is 5.13 Å². The first-order chi connectivity index (χ1) is 12.2. The van der Waals surface area contributed by atoms with Gasteiger partial charge in [-0.3, -0.25) is 4.79 Å². The molecule has 25 heavy (non-hydrogen) atoms. The summed E-state index contributed by atoms with van der Waals surface area (Å²) >= 11 is 2.88. The van der Waals surface area contributed by atoms with Gasteiger partial charge in [0.1, 0.15) is 0 Å². The largest absolute Gasteiger partial charge is 0.360 e. The summed E-state index contributed by atoms with van der Waals surface area (Å²) in [4.78, 5) is 12.3. The maximum atomic E-state index is 12.3. The van der Waals surface area contributed by atoms with Crippen LogP contribution >= 0.6 is 23.1 Å². The Morgan fingerprint density at radius 3 is 2.84 bits per heavy atom. The zero-order valence-corrected chi connectivity index (χ0v) is 15.8. The van der Waals surface area contributed by atoms with E-state index in [1.807, 2.05) is 32.0 Å². The molecule has 0 fully saturated rings. The number of hydrogen-bond acceptors (Lipinski definition) is 6. The Labute approximate surface area is 155 Å². The Bertz CT molecular complexity index is 860. The predicted molar refractivity (Wildman–Crippen MR) is 105 cm³/mol. The van der Waals surface area contributed by atoms with Gasteiger partial charge in [-0.05, 0) is 30.2 Å². The Balaban J connectivity index is 1.60. The molecule has 1 heterocycles. The van der Waals surface area contributed by atoms with E-state index in [1.54, 1.807) is 0 Å². The standard InChI is InChI=1S/C18H20N4OS2/c1-3-19-17-21-22-18(25-17)24-11-16(23)20-12(2)14-10-6-8-13-7-4-5-9-15(13)14/h4-10,12H,3,11H2,1-2H3,(H,19,21)(H,20,23)/t12-/m1/s1. The van der Waals surface area contributed by atoms with Crippen LogP contribution in [0.5, 0.6) is 0 Å². The number of nitrogens with one attached hydrogen (secondary N) is 2. The molecule has 0 bridgehead atoms. The van der Waals surface area contributed by atoms with Gasteiger partial charge in [0.2, 0.25) is 11.0 Å². The van der Waals surface area contributed by atoms with Gasteiger partial charge in [-0.2, -0.15) is 0 Å². The fourth-order valence-electron chi connectivity index (χ4n) is 2.61. The third-order valence-electron chi connectivity index (χ3n) is 3.73. The van der Waals surface area contributed by atoms with Crippen LogP contribution in [0, 0.1) is 0 Å². The van der Waals surface area contributed by atoms with E-state index in [4.69, 9.17) is 0 Å². The van der Waals surface area contributed by atoms with Gasteiger partial charge in [-0.25, -0.2) is 0 Å². The van der Waals surface area contributed by atoms with E-state index < -0.39 is 0 Å². The van der Waals surface area contributed by atoms with Gasteiger partial charge in [0.15, 0.2) is 4.34 Å². The van der Waals surface area contributed by atoms with Crippen molar-refractivity contribution in [2.45, 2.75) is 24.2 Å². The van der Waals surface area contributed by atoms with Crippen LogP contribution < -0.4 is 10.6 Å². The molecule has 0 saturated heterocycles. The van der Waals surface area contributed by atoms with Crippen LogP contribution in [0.2, 0.25) is 0 Å². The molecule has 1 amide bonds. The van der Waals surface area contributed by atoms with Crippen molar-refractivity contribution in [1.82, 2.24) is 15.5 Å². The van der Waals surface area contributed by atoms with Crippen molar-refractivity contribution in [3.8, 4) is 0 Å². The number of nitrogens with zero attached hydrogens (tertiary/aromatic N) is 2. The molecular weight excluding hydrogens is 352 g/mol. The number of aromatic nitrogens is 2. The molecule has 0 aliphatic rings. The SMILES string of the molecule is CCNc1nnc(SCC(=O)N[C@H](C)c2cccc3ccccc23)s1. The quantitative estimate of drug-likeness (QED) is 0.612. The van der Waals surface area contributed by atoms with E-state index in [9.17, 15) is 4.79 Å². The minimum Gasteiger partial charge on any atom is -0.360 e. The lowest BCUT2D eigenvalue weighted by atomic mass is 10.00. The van der Waals surface area contributed by atoms with Gasteiger partial charge in [-0.1, -0.05) is 65.6 Å². The molecule has 7 heteroatoms. The highest BCUT2D eigenvalue weighted by Crippen LogP contribution is 2.26. The first kappa shape index (κ1) is 17.7.